The smallest absolute Gasteiger partial charge is 0.242 e. The third-order valence-corrected chi connectivity index (χ3v) is 6.44. The van der Waals surface area contributed by atoms with Crippen LogP contribution in [0.25, 0.3) is 0 Å². The molecule has 2 aromatic carbocycles. The number of nitrogens with zero attached hydrogens (tertiary/aromatic N) is 1. The minimum Gasteiger partial charge on any atom is -0.354 e. The van der Waals surface area contributed by atoms with E-state index in [1.165, 1.54) is 11.8 Å². The summed E-state index contributed by atoms with van der Waals surface area (Å²) in [5.74, 6) is -0.0654. The van der Waals surface area contributed by atoms with Gasteiger partial charge < -0.3 is 10.2 Å². The Labute approximate surface area is 197 Å². The highest BCUT2D eigenvalue weighted by Gasteiger charge is 2.28. The Balaban J connectivity index is 2.21. The van der Waals surface area contributed by atoms with Gasteiger partial charge in [0.15, 0.2) is 0 Å². The quantitative estimate of drug-likeness (QED) is 0.414. The molecule has 1 atom stereocenters. The zero-order valence-electron chi connectivity index (χ0n) is 17.0. The summed E-state index contributed by atoms with van der Waals surface area (Å²) in [6.45, 7) is 4.74. The van der Waals surface area contributed by atoms with Crippen molar-refractivity contribution in [3.05, 3.63) is 63.1 Å². The van der Waals surface area contributed by atoms with Crippen LogP contribution in [0.1, 0.15) is 32.3 Å². The van der Waals surface area contributed by atoms with E-state index in [1.807, 2.05) is 32.0 Å². The number of hydrogen-bond acceptors (Lipinski definition) is 3. The van der Waals surface area contributed by atoms with Gasteiger partial charge in [0.1, 0.15) is 6.04 Å². The van der Waals surface area contributed by atoms with Gasteiger partial charge in [0.2, 0.25) is 11.8 Å². The monoisotopic (exact) mass is 486 g/mol. The summed E-state index contributed by atoms with van der Waals surface area (Å²) in [5, 5.41) is 4.41. The largest absolute Gasteiger partial charge is 0.354 e. The first-order chi connectivity index (χ1) is 14.3. The highest BCUT2D eigenvalue weighted by atomic mass is 35.5. The van der Waals surface area contributed by atoms with Crippen LogP contribution < -0.4 is 5.32 Å². The summed E-state index contributed by atoms with van der Waals surface area (Å²) >= 11 is 19.5. The van der Waals surface area contributed by atoms with Gasteiger partial charge in [0.25, 0.3) is 0 Å². The standard InChI is InChI=1S/C22H25Cl3N2O2S/c1-3-11-26-22(29)20(4-2)27(13-15-5-10-18(24)19(25)12-15)21(28)14-30-17-8-6-16(23)7-9-17/h5-10,12,20H,3-4,11,13-14H2,1-2H3,(H,26,29). The third kappa shape index (κ3) is 7.38. The van der Waals surface area contributed by atoms with Crippen LogP contribution in [0.15, 0.2) is 47.4 Å². The Morgan fingerprint density at radius 1 is 1.03 bits per heavy atom. The van der Waals surface area contributed by atoms with E-state index in [-0.39, 0.29) is 24.1 Å². The molecule has 0 saturated heterocycles. The van der Waals surface area contributed by atoms with E-state index in [9.17, 15) is 9.59 Å². The van der Waals surface area contributed by atoms with Crippen LogP contribution in [0.3, 0.4) is 0 Å². The molecule has 0 heterocycles. The Kier molecular flexibility index (Phi) is 10.3. The zero-order valence-corrected chi connectivity index (χ0v) is 20.0. The predicted octanol–water partition coefficient (Wildman–Crippen LogP) is 6.07. The fourth-order valence-corrected chi connectivity index (χ4v) is 4.11. The van der Waals surface area contributed by atoms with Gasteiger partial charge in [0.05, 0.1) is 15.8 Å². The van der Waals surface area contributed by atoms with Crippen molar-refractivity contribution in [3.8, 4) is 0 Å². The second-order valence-electron chi connectivity index (χ2n) is 6.73. The third-order valence-electron chi connectivity index (χ3n) is 4.45. The molecule has 162 valence electrons. The Morgan fingerprint density at radius 3 is 2.33 bits per heavy atom. The number of carbonyl (C=O) groups is 2. The van der Waals surface area contributed by atoms with Crippen molar-refractivity contribution >= 4 is 58.4 Å². The lowest BCUT2D eigenvalue weighted by Gasteiger charge is -2.30. The van der Waals surface area contributed by atoms with E-state index in [0.29, 0.717) is 28.0 Å². The molecule has 1 unspecified atom stereocenters. The zero-order chi connectivity index (χ0) is 22.1. The van der Waals surface area contributed by atoms with Crippen molar-refractivity contribution in [2.75, 3.05) is 12.3 Å². The molecule has 30 heavy (non-hydrogen) atoms. The molecule has 0 fully saturated rings. The van der Waals surface area contributed by atoms with Crippen LogP contribution in [0.5, 0.6) is 0 Å². The van der Waals surface area contributed by atoms with E-state index < -0.39 is 6.04 Å². The lowest BCUT2D eigenvalue weighted by atomic mass is 10.1. The number of carbonyl (C=O) groups excluding carboxylic acids is 2. The number of rotatable bonds is 10. The topological polar surface area (TPSA) is 49.4 Å². The molecule has 0 aliphatic heterocycles. The molecule has 4 nitrogen and oxygen atoms in total. The molecular weight excluding hydrogens is 463 g/mol. The molecule has 2 aromatic rings. The summed E-state index contributed by atoms with van der Waals surface area (Å²) in [5.41, 5.74) is 0.816. The van der Waals surface area contributed by atoms with Crippen LogP contribution in [0, 0.1) is 0 Å². The van der Waals surface area contributed by atoms with Gasteiger partial charge in [-0.1, -0.05) is 54.7 Å². The molecule has 0 aromatic heterocycles. The van der Waals surface area contributed by atoms with E-state index in [0.717, 1.165) is 16.9 Å². The highest BCUT2D eigenvalue weighted by molar-refractivity contribution is 8.00. The normalized spacial score (nSPS) is 11.8. The van der Waals surface area contributed by atoms with E-state index in [2.05, 4.69) is 5.32 Å². The SMILES string of the molecule is CCCNC(=O)C(CC)N(Cc1ccc(Cl)c(Cl)c1)C(=O)CSc1ccc(Cl)cc1. The van der Waals surface area contributed by atoms with E-state index in [4.69, 9.17) is 34.8 Å². The molecule has 2 rings (SSSR count). The molecule has 0 bridgehead atoms. The lowest BCUT2D eigenvalue weighted by molar-refractivity contribution is -0.139. The molecule has 0 spiro atoms. The fourth-order valence-electron chi connectivity index (χ4n) is 2.88. The van der Waals surface area contributed by atoms with Crippen molar-refractivity contribution in [2.45, 2.75) is 44.2 Å². The first-order valence-corrected chi connectivity index (χ1v) is 11.9. The van der Waals surface area contributed by atoms with Crippen molar-refractivity contribution in [2.24, 2.45) is 0 Å². The summed E-state index contributed by atoms with van der Waals surface area (Å²) in [6, 6.07) is 12.0. The number of thioether (sulfide) groups is 1. The maximum Gasteiger partial charge on any atom is 0.242 e. The molecule has 0 saturated carbocycles. The second kappa shape index (κ2) is 12.5. The summed E-state index contributed by atoms with van der Waals surface area (Å²) in [4.78, 5) is 28.4. The number of nitrogens with one attached hydrogen (secondary N) is 1. The molecule has 1 N–H and O–H groups in total. The molecule has 2 amide bonds. The summed E-state index contributed by atoms with van der Waals surface area (Å²) in [6.07, 6.45) is 1.34. The average molecular weight is 488 g/mol. The minimum atomic E-state index is -0.565. The van der Waals surface area contributed by atoms with Crippen LogP contribution in [0.4, 0.5) is 0 Å². The molecule has 0 radical (unpaired) electrons. The van der Waals surface area contributed by atoms with E-state index in [1.54, 1.807) is 29.2 Å². The van der Waals surface area contributed by atoms with Crippen LogP contribution in [-0.2, 0) is 16.1 Å². The highest BCUT2D eigenvalue weighted by Crippen LogP contribution is 2.25. The van der Waals surface area contributed by atoms with Crippen molar-refractivity contribution in [3.63, 3.8) is 0 Å². The van der Waals surface area contributed by atoms with Crippen molar-refractivity contribution in [1.29, 1.82) is 0 Å². The van der Waals surface area contributed by atoms with Crippen LogP contribution in [-0.4, -0.2) is 35.1 Å². The number of halogens is 3. The first-order valence-electron chi connectivity index (χ1n) is 9.75. The molecule has 0 aliphatic rings. The number of benzene rings is 2. The van der Waals surface area contributed by atoms with Gasteiger partial charge in [-0.05, 0) is 54.8 Å². The van der Waals surface area contributed by atoms with Gasteiger partial charge >= 0.3 is 0 Å². The molecular formula is C22H25Cl3N2O2S. The maximum atomic E-state index is 13.2. The minimum absolute atomic E-state index is 0.125. The van der Waals surface area contributed by atoms with Crippen molar-refractivity contribution in [1.82, 2.24) is 10.2 Å². The maximum absolute atomic E-state index is 13.2. The Bertz CT molecular complexity index is 862. The van der Waals surface area contributed by atoms with Crippen molar-refractivity contribution < 1.29 is 9.59 Å². The first kappa shape index (κ1) is 24.9. The van der Waals surface area contributed by atoms with E-state index >= 15 is 0 Å². The predicted molar refractivity (Wildman–Crippen MR) is 127 cm³/mol. The van der Waals surface area contributed by atoms with Gasteiger partial charge in [-0.25, -0.2) is 0 Å². The summed E-state index contributed by atoms with van der Waals surface area (Å²) < 4.78 is 0. The number of hydrogen-bond donors (Lipinski definition) is 1. The molecule has 0 aliphatic carbocycles. The van der Waals surface area contributed by atoms with Gasteiger partial charge in [0, 0.05) is 23.0 Å². The van der Waals surface area contributed by atoms with Gasteiger partial charge in [-0.15, -0.1) is 11.8 Å². The fraction of sp³-hybridized carbons (Fsp3) is 0.364. The summed E-state index contributed by atoms with van der Waals surface area (Å²) in [7, 11) is 0. The van der Waals surface area contributed by atoms with Crippen LogP contribution in [0.2, 0.25) is 15.1 Å². The Hall–Kier alpha value is -1.40. The van der Waals surface area contributed by atoms with Gasteiger partial charge in [-0.3, -0.25) is 9.59 Å². The average Bonchev–Trinajstić information content (AvgIpc) is 2.74. The van der Waals surface area contributed by atoms with Gasteiger partial charge in [-0.2, -0.15) is 0 Å². The Morgan fingerprint density at radius 2 is 1.73 bits per heavy atom. The lowest BCUT2D eigenvalue weighted by Crippen LogP contribution is -2.49. The van der Waals surface area contributed by atoms with Crippen LogP contribution >= 0.6 is 46.6 Å². The second-order valence-corrected chi connectivity index (χ2v) is 9.03. The number of amides is 2. The molecule has 8 heteroatoms.